The van der Waals surface area contributed by atoms with Crippen LogP contribution in [0.4, 0.5) is 0 Å². The van der Waals surface area contributed by atoms with Gasteiger partial charge in [0, 0.05) is 17.5 Å². The zero-order chi connectivity index (χ0) is 15.3. The highest BCUT2D eigenvalue weighted by Gasteiger charge is 2.30. The fourth-order valence-corrected chi connectivity index (χ4v) is 6.11. The van der Waals surface area contributed by atoms with Gasteiger partial charge in [-0.3, -0.25) is 0 Å². The van der Waals surface area contributed by atoms with Crippen LogP contribution in [-0.4, -0.2) is 30.4 Å². The van der Waals surface area contributed by atoms with Gasteiger partial charge in [0.05, 0.1) is 10.4 Å². The molecule has 0 saturated carbocycles. The third kappa shape index (κ3) is 4.04. The number of unbranched alkanes of at least 4 members (excludes halogenated alkanes) is 1. The van der Waals surface area contributed by atoms with Crippen LogP contribution in [-0.2, 0) is 16.6 Å². The highest BCUT2D eigenvalue weighted by Crippen LogP contribution is 2.34. The van der Waals surface area contributed by atoms with E-state index in [2.05, 4.69) is 15.9 Å². The number of aliphatic hydroxyl groups is 1. The van der Waals surface area contributed by atoms with Crippen LogP contribution in [0.5, 0.6) is 0 Å². The third-order valence-corrected chi connectivity index (χ3v) is 7.51. The van der Waals surface area contributed by atoms with Crippen molar-refractivity contribution >= 4 is 37.3 Å². The highest BCUT2D eigenvalue weighted by molar-refractivity contribution is 9.11. The molecule has 0 aliphatic carbocycles. The molecule has 0 aromatic carbocycles. The molecule has 1 unspecified atom stereocenters. The topological polar surface area (TPSA) is 57.6 Å². The molecule has 0 fully saturated rings. The zero-order valence-electron chi connectivity index (χ0n) is 12.1. The van der Waals surface area contributed by atoms with Crippen LogP contribution in [0.25, 0.3) is 0 Å². The molecule has 1 atom stereocenters. The van der Waals surface area contributed by atoms with Crippen molar-refractivity contribution in [3.8, 4) is 0 Å². The lowest BCUT2D eigenvalue weighted by molar-refractivity contribution is 0.285. The van der Waals surface area contributed by atoms with Crippen molar-refractivity contribution in [2.75, 3.05) is 6.54 Å². The molecular weight excluding hydrogens is 362 g/mol. The average Bonchev–Trinajstić information content (AvgIpc) is 2.80. The summed E-state index contributed by atoms with van der Waals surface area (Å²) < 4.78 is 27.8. The highest BCUT2D eigenvalue weighted by atomic mass is 79.9. The fourth-order valence-electron chi connectivity index (χ4n) is 1.87. The Labute approximate surface area is 134 Å². The van der Waals surface area contributed by atoms with Gasteiger partial charge in [0.25, 0.3) is 0 Å². The average molecular weight is 384 g/mol. The predicted octanol–water partition coefficient (Wildman–Crippen LogP) is 3.59. The standard InChI is InChI=1S/C13H22BrNO3S2/c1-4-6-7-15(10(3)5-2)20(17,18)12-8-11(9-16)19-13(12)14/h8,10,16H,4-7,9H2,1-3H3. The maximum Gasteiger partial charge on any atom is 0.245 e. The Bertz CT molecular complexity index is 528. The molecule has 0 aliphatic heterocycles. The van der Waals surface area contributed by atoms with Crippen molar-refractivity contribution in [3.05, 3.63) is 14.7 Å². The second-order valence-electron chi connectivity index (χ2n) is 4.74. The maximum atomic E-state index is 12.8. The second-order valence-corrected chi connectivity index (χ2v) is 9.05. The summed E-state index contributed by atoms with van der Waals surface area (Å²) in [6.07, 6.45) is 2.57. The van der Waals surface area contributed by atoms with Gasteiger partial charge in [-0.25, -0.2) is 8.42 Å². The summed E-state index contributed by atoms with van der Waals surface area (Å²) >= 11 is 4.57. The normalized spacial score (nSPS) is 13.9. The lowest BCUT2D eigenvalue weighted by Crippen LogP contribution is -2.39. The number of halogens is 1. The van der Waals surface area contributed by atoms with E-state index in [-0.39, 0.29) is 17.5 Å². The van der Waals surface area contributed by atoms with Crippen molar-refractivity contribution in [1.29, 1.82) is 0 Å². The number of sulfonamides is 1. The molecule has 1 aromatic rings. The quantitative estimate of drug-likeness (QED) is 0.745. The van der Waals surface area contributed by atoms with Gasteiger partial charge < -0.3 is 5.11 Å². The van der Waals surface area contributed by atoms with Gasteiger partial charge in [0.2, 0.25) is 10.0 Å². The SMILES string of the molecule is CCCCN(C(C)CC)S(=O)(=O)c1cc(CO)sc1Br. The van der Waals surface area contributed by atoms with Crippen LogP contribution in [0.3, 0.4) is 0 Å². The van der Waals surface area contributed by atoms with E-state index in [1.165, 1.54) is 11.3 Å². The van der Waals surface area contributed by atoms with Crippen LogP contribution in [0.2, 0.25) is 0 Å². The first-order chi connectivity index (χ1) is 9.38. The van der Waals surface area contributed by atoms with Gasteiger partial charge in [-0.05, 0) is 41.8 Å². The van der Waals surface area contributed by atoms with Gasteiger partial charge in [0.15, 0.2) is 0 Å². The Morgan fingerprint density at radius 2 is 2.10 bits per heavy atom. The monoisotopic (exact) mass is 383 g/mol. The van der Waals surface area contributed by atoms with E-state index in [9.17, 15) is 8.42 Å². The third-order valence-electron chi connectivity index (χ3n) is 3.26. The number of hydrogen-bond donors (Lipinski definition) is 1. The number of rotatable bonds is 8. The molecule has 0 amide bonds. The van der Waals surface area contributed by atoms with Crippen molar-refractivity contribution in [3.63, 3.8) is 0 Å². The molecule has 4 nitrogen and oxygen atoms in total. The van der Waals surface area contributed by atoms with Crippen LogP contribution in [0.1, 0.15) is 44.9 Å². The predicted molar refractivity (Wildman–Crippen MR) is 86.5 cm³/mol. The van der Waals surface area contributed by atoms with Crippen LogP contribution in [0, 0.1) is 0 Å². The number of hydrogen-bond acceptors (Lipinski definition) is 4. The van der Waals surface area contributed by atoms with E-state index in [1.807, 2.05) is 20.8 Å². The first kappa shape index (κ1) is 18.1. The molecule has 0 aliphatic rings. The summed E-state index contributed by atoms with van der Waals surface area (Å²) in [7, 11) is -3.52. The fraction of sp³-hybridized carbons (Fsp3) is 0.692. The molecule has 20 heavy (non-hydrogen) atoms. The largest absolute Gasteiger partial charge is 0.391 e. The summed E-state index contributed by atoms with van der Waals surface area (Å²) in [6.45, 7) is 6.36. The van der Waals surface area contributed by atoms with Gasteiger partial charge in [0.1, 0.15) is 4.90 Å². The first-order valence-electron chi connectivity index (χ1n) is 6.79. The van der Waals surface area contributed by atoms with Crippen molar-refractivity contribution in [2.45, 2.75) is 57.6 Å². The second kappa shape index (κ2) is 7.89. The van der Waals surface area contributed by atoms with E-state index in [0.29, 0.717) is 15.2 Å². The van der Waals surface area contributed by atoms with Crippen molar-refractivity contribution < 1.29 is 13.5 Å². The summed E-state index contributed by atoms with van der Waals surface area (Å²) in [6, 6.07) is 1.53. The number of aliphatic hydroxyl groups excluding tert-OH is 1. The molecule has 1 aromatic heterocycles. The lowest BCUT2D eigenvalue weighted by Gasteiger charge is -2.27. The molecule has 7 heteroatoms. The minimum Gasteiger partial charge on any atom is -0.391 e. The smallest absolute Gasteiger partial charge is 0.245 e. The van der Waals surface area contributed by atoms with Crippen LogP contribution >= 0.6 is 27.3 Å². The molecule has 116 valence electrons. The molecule has 1 N–H and O–H groups in total. The van der Waals surface area contributed by atoms with Gasteiger partial charge in [-0.15, -0.1) is 11.3 Å². The zero-order valence-corrected chi connectivity index (χ0v) is 15.3. The summed E-state index contributed by atoms with van der Waals surface area (Å²) in [5.41, 5.74) is 0. The van der Waals surface area contributed by atoms with E-state index in [0.717, 1.165) is 19.3 Å². The molecule has 1 rings (SSSR count). The molecular formula is C13H22BrNO3S2. The maximum absolute atomic E-state index is 12.8. The molecule has 0 radical (unpaired) electrons. The molecule has 0 saturated heterocycles. The Hall–Kier alpha value is 0.0500. The summed E-state index contributed by atoms with van der Waals surface area (Å²) in [5.74, 6) is 0. The van der Waals surface area contributed by atoms with E-state index < -0.39 is 10.0 Å². The number of nitrogens with zero attached hydrogens (tertiary/aromatic N) is 1. The molecule has 1 heterocycles. The Morgan fingerprint density at radius 1 is 1.45 bits per heavy atom. The summed E-state index contributed by atoms with van der Waals surface area (Å²) in [4.78, 5) is 0.915. The summed E-state index contributed by atoms with van der Waals surface area (Å²) in [5, 5.41) is 9.16. The van der Waals surface area contributed by atoms with E-state index in [1.54, 1.807) is 10.4 Å². The minimum absolute atomic E-state index is 0.0315. The molecule has 0 bridgehead atoms. The Balaban J connectivity index is 3.17. The van der Waals surface area contributed by atoms with E-state index in [4.69, 9.17) is 5.11 Å². The van der Waals surface area contributed by atoms with Crippen molar-refractivity contribution in [2.24, 2.45) is 0 Å². The van der Waals surface area contributed by atoms with Gasteiger partial charge in [-0.2, -0.15) is 4.31 Å². The van der Waals surface area contributed by atoms with Crippen molar-refractivity contribution in [1.82, 2.24) is 4.31 Å². The van der Waals surface area contributed by atoms with Crippen LogP contribution < -0.4 is 0 Å². The number of thiophene rings is 1. The Kier molecular flexibility index (Phi) is 7.14. The van der Waals surface area contributed by atoms with E-state index >= 15 is 0 Å². The Morgan fingerprint density at radius 3 is 2.55 bits per heavy atom. The lowest BCUT2D eigenvalue weighted by atomic mass is 10.2. The van der Waals surface area contributed by atoms with Gasteiger partial charge in [-0.1, -0.05) is 20.3 Å². The minimum atomic E-state index is -3.52. The van der Waals surface area contributed by atoms with Gasteiger partial charge >= 0.3 is 0 Å². The molecule has 0 spiro atoms. The van der Waals surface area contributed by atoms with Crippen LogP contribution in [0.15, 0.2) is 14.7 Å². The first-order valence-corrected chi connectivity index (χ1v) is 9.84.